The molecule has 2 aromatic carbocycles. The van der Waals surface area contributed by atoms with E-state index in [-0.39, 0.29) is 11.7 Å². The normalized spacial score (nSPS) is 10.7. The van der Waals surface area contributed by atoms with Crippen LogP contribution in [0.15, 0.2) is 84.4 Å². The van der Waals surface area contributed by atoms with Crippen LogP contribution in [0.4, 0.5) is 11.5 Å². The number of thiophene rings is 1. The molecular weight excluding hydrogens is 400 g/mol. The Balaban J connectivity index is 1.56. The molecule has 0 saturated heterocycles. The Morgan fingerprint density at radius 3 is 2.40 bits per heavy atom. The van der Waals surface area contributed by atoms with Crippen LogP contribution in [0.2, 0.25) is 0 Å². The van der Waals surface area contributed by atoms with Gasteiger partial charge in [-0.1, -0.05) is 48.5 Å². The number of nitrogens with zero attached hydrogens (tertiary/aromatic N) is 4. The van der Waals surface area contributed by atoms with Gasteiger partial charge in [0.15, 0.2) is 0 Å². The molecule has 4 aromatic rings. The first-order valence-electron chi connectivity index (χ1n) is 9.26. The van der Waals surface area contributed by atoms with Gasteiger partial charge >= 0.3 is 5.82 Å². The number of rotatable bonds is 7. The molecule has 0 aliphatic heterocycles. The Hall–Kier alpha value is -3.78. The summed E-state index contributed by atoms with van der Waals surface area (Å²) in [5, 5.41) is 16.6. The second-order valence-electron chi connectivity index (χ2n) is 6.66. The minimum Gasteiger partial charge on any atom is -0.358 e. The minimum atomic E-state index is -0.527. The molecule has 0 atom stereocenters. The molecule has 30 heavy (non-hydrogen) atoms. The third-order valence-electron chi connectivity index (χ3n) is 4.52. The number of carbonyl (C=O) groups excluding carboxylic acids is 1. The van der Waals surface area contributed by atoms with Crippen molar-refractivity contribution in [2.24, 2.45) is 0 Å². The van der Waals surface area contributed by atoms with E-state index in [4.69, 9.17) is 0 Å². The van der Waals surface area contributed by atoms with Gasteiger partial charge in [-0.25, -0.2) is 0 Å². The molecule has 1 amide bonds. The van der Waals surface area contributed by atoms with Gasteiger partial charge in [-0.05, 0) is 39.6 Å². The standard InChI is InChI=1S/C22H18N4O3S/c27-22(20-13-18(16-30-20)14-24-12-11-21(23-24)26(28)29)25(19-9-5-2-6-10-19)15-17-7-3-1-4-8-17/h1-13,16H,14-15H2. The van der Waals surface area contributed by atoms with Crippen LogP contribution in [-0.2, 0) is 13.1 Å². The molecule has 0 saturated carbocycles. The molecule has 0 bridgehead atoms. The fraction of sp³-hybridized carbons (Fsp3) is 0.0909. The number of hydrogen-bond acceptors (Lipinski definition) is 5. The maximum atomic E-state index is 13.3. The van der Waals surface area contributed by atoms with E-state index in [2.05, 4.69) is 5.10 Å². The highest BCUT2D eigenvalue weighted by atomic mass is 32.1. The second kappa shape index (κ2) is 8.71. The lowest BCUT2D eigenvalue weighted by Gasteiger charge is -2.22. The van der Waals surface area contributed by atoms with Crippen LogP contribution in [0.1, 0.15) is 20.8 Å². The smallest absolute Gasteiger partial charge is 0.358 e. The molecule has 0 radical (unpaired) electrons. The Kier molecular flexibility index (Phi) is 5.67. The van der Waals surface area contributed by atoms with E-state index >= 15 is 0 Å². The molecule has 2 aromatic heterocycles. The van der Waals surface area contributed by atoms with Crippen LogP contribution in [0.25, 0.3) is 0 Å². The largest absolute Gasteiger partial charge is 0.389 e. The van der Waals surface area contributed by atoms with E-state index in [9.17, 15) is 14.9 Å². The molecule has 0 N–H and O–H groups in total. The highest BCUT2D eigenvalue weighted by Gasteiger charge is 2.20. The first kappa shape index (κ1) is 19.5. The molecule has 0 fully saturated rings. The molecular formula is C22H18N4O3S. The summed E-state index contributed by atoms with van der Waals surface area (Å²) >= 11 is 1.36. The van der Waals surface area contributed by atoms with Gasteiger partial charge in [0, 0.05) is 5.69 Å². The van der Waals surface area contributed by atoms with Crippen molar-refractivity contribution in [3.63, 3.8) is 0 Å². The van der Waals surface area contributed by atoms with E-state index in [0.29, 0.717) is 18.0 Å². The summed E-state index contributed by atoms with van der Waals surface area (Å²) in [6.07, 6.45) is 1.56. The molecule has 8 heteroatoms. The number of anilines is 1. The Bertz CT molecular complexity index is 1160. The molecule has 150 valence electrons. The molecule has 0 spiro atoms. The van der Waals surface area contributed by atoms with Gasteiger partial charge in [-0.3, -0.25) is 4.79 Å². The van der Waals surface area contributed by atoms with E-state index in [1.807, 2.05) is 72.1 Å². The Labute approximate surface area is 177 Å². The zero-order valence-corrected chi connectivity index (χ0v) is 16.7. The average molecular weight is 418 g/mol. The summed E-state index contributed by atoms with van der Waals surface area (Å²) in [6, 6.07) is 22.6. The van der Waals surface area contributed by atoms with Crippen molar-refractivity contribution in [1.29, 1.82) is 0 Å². The van der Waals surface area contributed by atoms with Gasteiger partial charge in [-0.2, -0.15) is 4.68 Å². The van der Waals surface area contributed by atoms with E-state index in [1.165, 1.54) is 22.1 Å². The summed E-state index contributed by atoms with van der Waals surface area (Å²) in [7, 11) is 0. The number of benzene rings is 2. The Morgan fingerprint density at radius 1 is 1.03 bits per heavy atom. The van der Waals surface area contributed by atoms with Crippen molar-refractivity contribution < 1.29 is 9.72 Å². The zero-order valence-electron chi connectivity index (χ0n) is 15.9. The SMILES string of the molecule is O=C(c1cc(Cn2ccc([N+](=O)[O-])n2)cs1)N(Cc1ccccc1)c1ccccc1. The second-order valence-corrected chi connectivity index (χ2v) is 7.57. The van der Waals surface area contributed by atoms with Gasteiger partial charge in [0.25, 0.3) is 5.91 Å². The predicted octanol–water partition coefficient (Wildman–Crippen LogP) is 4.75. The fourth-order valence-electron chi connectivity index (χ4n) is 3.08. The van der Waals surface area contributed by atoms with Gasteiger partial charge in [0.2, 0.25) is 0 Å². The van der Waals surface area contributed by atoms with Gasteiger partial charge in [0.05, 0.1) is 35.3 Å². The van der Waals surface area contributed by atoms with Crippen LogP contribution >= 0.6 is 11.3 Å². The first-order valence-corrected chi connectivity index (χ1v) is 10.1. The topological polar surface area (TPSA) is 81.3 Å². The molecule has 2 heterocycles. The minimum absolute atomic E-state index is 0.0900. The molecule has 4 rings (SSSR count). The number of carbonyl (C=O) groups is 1. The number of amides is 1. The lowest BCUT2D eigenvalue weighted by atomic mass is 10.2. The van der Waals surface area contributed by atoms with Crippen LogP contribution in [0, 0.1) is 10.1 Å². The first-order chi connectivity index (χ1) is 14.6. The van der Waals surface area contributed by atoms with Crippen LogP contribution in [0.3, 0.4) is 0 Å². The number of nitro groups is 1. The molecule has 7 nitrogen and oxygen atoms in total. The van der Waals surface area contributed by atoms with Crippen molar-refractivity contribution in [3.05, 3.63) is 110 Å². The maximum Gasteiger partial charge on any atom is 0.389 e. The van der Waals surface area contributed by atoms with Crippen molar-refractivity contribution >= 4 is 28.7 Å². The fourth-order valence-corrected chi connectivity index (χ4v) is 3.93. The third kappa shape index (κ3) is 4.44. The van der Waals surface area contributed by atoms with E-state index < -0.39 is 4.92 Å². The summed E-state index contributed by atoms with van der Waals surface area (Å²) in [5.74, 6) is -0.285. The predicted molar refractivity (Wildman–Crippen MR) is 116 cm³/mol. The van der Waals surface area contributed by atoms with Gasteiger partial charge < -0.3 is 15.0 Å². The number of aromatic nitrogens is 2. The number of hydrogen-bond donors (Lipinski definition) is 0. The highest BCUT2D eigenvalue weighted by molar-refractivity contribution is 7.12. The summed E-state index contributed by atoms with van der Waals surface area (Å²) in [4.78, 5) is 26.0. The summed E-state index contributed by atoms with van der Waals surface area (Å²) in [5.41, 5.74) is 2.73. The quantitative estimate of drug-likeness (QED) is 0.320. The van der Waals surface area contributed by atoms with Crippen molar-refractivity contribution in [3.8, 4) is 0 Å². The van der Waals surface area contributed by atoms with Gasteiger partial charge in [-0.15, -0.1) is 11.3 Å². The van der Waals surface area contributed by atoms with Crippen molar-refractivity contribution in [2.45, 2.75) is 13.1 Å². The summed E-state index contributed by atoms with van der Waals surface area (Å²) < 4.78 is 1.49. The van der Waals surface area contributed by atoms with Gasteiger partial charge in [0.1, 0.15) is 0 Å². The van der Waals surface area contributed by atoms with E-state index in [0.717, 1.165) is 16.8 Å². The van der Waals surface area contributed by atoms with Crippen LogP contribution < -0.4 is 4.90 Å². The molecule has 0 aliphatic carbocycles. The average Bonchev–Trinajstić information content (AvgIpc) is 3.43. The molecule has 0 aliphatic rings. The monoisotopic (exact) mass is 418 g/mol. The lowest BCUT2D eigenvalue weighted by molar-refractivity contribution is -0.389. The van der Waals surface area contributed by atoms with Crippen molar-refractivity contribution in [2.75, 3.05) is 4.90 Å². The highest BCUT2D eigenvalue weighted by Crippen LogP contribution is 2.24. The van der Waals surface area contributed by atoms with E-state index in [1.54, 1.807) is 11.1 Å². The molecule has 0 unspecified atom stereocenters. The van der Waals surface area contributed by atoms with Crippen LogP contribution in [-0.4, -0.2) is 20.6 Å². The maximum absolute atomic E-state index is 13.3. The number of para-hydroxylation sites is 1. The summed E-state index contributed by atoms with van der Waals surface area (Å²) in [6.45, 7) is 0.823. The van der Waals surface area contributed by atoms with Crippen molar-refractivity contribution in [1.82, 2.24) is 9.78 Å². The third-order valence-corrected chi connectivity index (χ3v) is 5.49. The zero-order chi connectivity index (χ0) is 20.9. The Morgan fingerprint density at radius 2 is 1.73 bits per heavy atom. The van der Waals surface area contributed by atoms with Crippen LogP contribution in [0.5, 0.6) is 0 Å². The lowest BCUT2D eigenvalue weighted by Crippen LogP contribution is -2.29.